The molecule has 6 heteroatoms. The van der Waals surface area contributed by atoms with Gasteiger partial charge in [-0.3, -0.25) is 9.80 Å². The molecule has 2 amide bonds. The van der Waals surface area contributed by atoms with Gasteiger partial charge in [0.2, 0.25) is 0 Å². The quantitative estimate of drug-likeness (QED) is 0.0490. The van der Waals surface area contributed by atoms with Gasteiger partial charge in [0.1, 0.15) is 18.2 Å². The topological polar surface area (TPSA) is 59.1 Å². The molecule has 0 atom stereocenters. The van der Waals surface area contributed by atoms with Crippen molar-refractivity contribution in [2.75, 3.05) is 16.5 Å². The summed E-state index contributed by atoms with van der Waals surface area (Å²) in [5.74, 6) is 1.25. The Morgan fingerprint density at radius 2 is 0.708 bits per heavy atom. The number of benzene rings is 4. The fraction of sp³-hybridized carbons (Fsp3) is 0.559. The second kappa shape index (κ2) is 29.9. The van der Waals surface area contributed by atoms with Crippen LogP contribution < -0.4 is 19.3 Å². The van der Waals surface area contributed by atoms with Crippen molar-refractivity contribution in [2.24, 2.45) is 0 Å². The Bertz CT molecular complexity index is 1850. The monoisotopic (exact) mass is 885 g/mol. The van der Waals surface area contributed by atoms with E-state index in [-0.39, 0.29) is 6.67 Å². The van der Waals surface area contributed by atoms with Gasteiger partial charge in [-0.05, 0) is 97.9 Å². The first kappa shape index (κ1) is 51.4. The summed E-state index contributed by atoms with van der Waals surface area (Å²) in [6.07, 6.45) is 32.0. The van der Waals surface area contributed by atoms with E-state index in [1.807, 2.05) is 72.8 Å². The number of anilines is 2. The summed E-state index contributed by atoms with van der Waals surface area (Å²) < 4.78 is 13.1. The van der Waals surface area contributed by atoms with Crippen LogP contribution in [0, 0.1) is 0 Å². The number of unbranched alkanes of at least 4 members (excludes halogenated alkanes) is 20. The second-order valence-corrected chi connectivity index (χ2v) is 18.6. The predicted molar refractivity (Wildman–Crippen MR) is 275 cm³/mol. The number of carbonyl (C=O) groups excluding carboxylic acids is 2. The van der Waals surface area contributed by atoms with Gasteiger partial charge in [-0.25, -0.2) is 9.59 Å². The van der Waals surface area contributed by atoms with Crippen LogP contribution in [0.5, 0.6) is 11.5 Å². The van der Waals surface area contributed by atoms with Gasteiger partial charge in [0, 0.05) is 11.1 Å². The third-order valence-electron chi connectivity index (χ3n) is 13.4. The molecule has 1 aliphatic rings. The number of rotatable bonds is 30. The molecule has 65 heavy (non-hydrogen) atoms. The minimum Gasteiger partial charge on any atom is -0.410 e. The molecule has 0 bridgehead atoms. The number of hydrogen-bond acceptors (Lipinski definition) is 4. The minimum atomic E-state index is -0.506. The number of amides is 2. The van der Waals surface area contributed by atoms with Gasteiger partial charge in [0.15, 0.2) is 0 Å². The Morgan fingerprint density at radius 3 is 1.08 bits per heavy atom. The number of nitrogens with zero attached hydrogens (tertiary/aromatic N) is 2. The number of carbonyl (C=O) groups is 2. The summed E-state index contributed by atoms with van der Waals surface area (Å²) in [5.41, 5.74) is 7.98. The summed E-state index contributed by atoms with van der Waals surface area (Å²) in [7, 11) is 0. The van der Waals surface area contributed by atoms with E-state index < -0.39 is 12.2 Å². The van der Waals surface area contributed by atoms with Crippen molar-refractivity contribution in [1.29, 1.82) is 0 Å². The highest BCUT2D eigenvalue weighted by Gasteiger charge is 2.34. The average molecular weight is 885 g/mol. The normalized spacial score (nSPS) is 12.2. The maximum Gasteiger partial charge on any atom is 0.421 e. The van der Waals surface area contributed by atoms with Crippen molar-refractivity contribution in [1.82, 2.24) is 0 Å². The van der Waals surface area contributed by atoms with Crippen molar-refractivity contribution >= 4 is 23.6 Å². The molecule has 1 aliphatic heterocycles. The summed E-state index contributed by atoms with van der Waals surface area (Å²) >= 11 is 0. The molecule has 5 rings (SSSR count). The third-order valence-corrected chi connectivity index (χ3v) is 13.4. The fourth-order valence-corrected chi connectivity index (χ4v) is 9.58. The Hall–Kier alpha value is -4.58. The first-order chi connectivity index (χ1) is 32.0. The molecule has 4 aromatic carbocycles. The lowest BCUT2D eigenvalue weighted by molar-refractivity contribution is 0.202. The highest BCUT2D eigenvalue weighted by molar-refractivity contribution is 6.04. The van der Waals surface area contributed by atoms with Crippen LogP contribution in [-0.4, -0.2) is 18.9 Å². The largest absolute Gasteiger partial charge is 0.421 e. The highest BCUT2D eigenvalue weighted by atomic mass is 16.6. The summed E-state index contributed by atoms with van der Waals surface area (Å²) in [6.45, 7) is 8.98. The number of ether oxygens (including phenoxy) is 2. The number of hydrogen-bond donors (Lipinski definition) is 0. The van der Waals surface area contributed by atoms with Crippen LogP contribution in [0.2, 0.25) is 0 Å². The Labute approximate surface area is 394 Å². The molecule has 0 radical (unpaired) electrons. The van der Waals surface area contributed by atoms with E-state index in [2.05, 4.69) is 39.8 Å². The molecule has 0 saturated carbocycles. The zero-order chi connectivity index (χ0) is 45.9. The van der Waals surface area contributed by atoms with E-state index in [9.17, 15) is 9.59 Å². The van der Waals surface area contributed by atoms with E-state index >= 15 is 0 Å². The zero-order valence-corrected chi connectivity index (χ0v) is 41.1. The molecule has 0 N–H and O–H groups in total. The van der Waals surface area contributed by atoms with Crippen molar-refractivity contribution in [3.05, 3.63) is 107 Å². The van der Waals surface area contributed by atoms with E-state index in [4.69, 9.17) is 9.47 Å². The van der Waals surface area contributed by atoms with Crippen molar-refractivity contribution in [3.63, 3.8) is 0 Å². The Balaban J connectivity index is 1.42. The van der Waals surface area contributed by atoms with Gasteiger partial charge < -0.3 is 9.47 Å². The molecule has 0 aliphatic carbocycles. The van der Waals surface area contributed by atoms with E-state index in [1.165, 1.54) is 127 Å². The molecule has 0 fully saturated rings. The molecule has 354 valence electrons. The van der Waals surface area contributed by atoms with E-state index in [1.54, 1.807) is 9.80 Å². The first-order valence-electron chi connectivity index (χ1n) is 26.4. The van der Waals surface area contributed by atoms with E-state index in [0.29, 0.717) is 22.9 Å². The molecule has 1 heterocycles. The zero-order valence-electron chi connectivity index (χ0n) is 41.1. The van der Waals surface area contributed by atoms with Gasteiger partial charge >= 0.3 is 12.2 Å². The molecule has 0 saturated heterocycles. The van der Waals surface area contributed by atoms with Crippen LogP contribution in [0.3, 0.4) is 0 Å². The summed E-state index contributed by atoms with van der Waals surface area (Å²) in [4.78, 5) is 33.0. The Morgan fingerprint density at radius 1 is 0.385 bits per heavy atom. The molecular formula is C59H84N2O4. The van der Waals surface area contributed by atoms with Crippen LogP contribution in [0.4, 0.5) is 21.0 Å². The average Bonchev–Trinajstić information content (AvgIpc) is 3.47. The summed E-state index contributed by atoms with van der Waals surface area (Å²) in [6, 6.07) is 28.3. The van der Waals surface area contributed by atoms with Crippen LogP contribution >= 0.6 is 0 Å². The van der Waals surface area contributed by atoms with Crippen LogP contribution in [0.15, 0.2) is 84.9 Å². The lowest BCUT2D eigenvalue weighted by Gasteiger charge is -2.28. The molecule has 0 aromatic heterocycles. The lowest BCUT2D eigenvalue weighted by atomic mass is 9.95. The maximum absolute atomic E-state index is 14.9. The van der Waals surface area contributed by atoms with Crippen LogP contribution in [0.25, 0.3) is 11.1 Å². The minimum absolute atomic E-state index is 0.0554. The molecule has 0 spiro atoms. The molecule has 6 nitrogen and oxygen atoms in total. The maximum atomic E-state index is 14.9. The Kier molecular flexibility index (Phi) is 23.6. The van der Waals surface area contributed by atoms with Gasteiger partial charge in [-0.15, -0.1) is 0 Å². The first-order valence-corrected chi connectivity index (χ1v) is 26.4. The lowest BCUT2D eigenvalue weighted by Crippen LogP contribution is -2.46. The molecule has 0 unspecified atom stereocenters. The number of para-hydroxylation sites is 2. The fourth-order valence-electron chi connectivity index (χ4n) is 9.58. The van der Waals surface area contributed by atoms with Crippen LogP contribution in [-0.2, 0) is 25.7 Å². The second-order valence-electron chi connectivity index (χ2n) is 18.6. The molecular weight excluding hydrogens is 801 g/mol. The van der Waals surface area contributed by atoms with Crippen molar-refractivity contribution in [2.45, 2.75) is 207 Å². The standard InChI is InChI=1S/C59H84N2O4/c1-5-9-13-17-21-25-35-48-37-33-45-56(50(48)39-27-23-19-15-11-7-3)64-58(62)60-47-61(55-44-32-30-42-53(55)52-41-29-31-43-54(52)60)59(63)65-57-46-34-38-49(36-26-22-18-14-10-6-2)51(57)40-28-24-20-16-12-8-4/h29-34,37-38,41-46H,5-28,35-36,39-40,47H2,1-4H3. The highest BCUT2D eigenvalue weighted by Crippen LogP contribution is 2.42. The number of fused-ring (bicyclic) bond motifs is 3. The number of aryl methyl sites for hydroxylation is 2. The van der Waals surface area contributed by atoms with Gasteiger partial charge in [-0.1, -0.05) is 217 Å². The van der Waals surface area contributed by atoms with Crippen molar-refractivity contribution in [3.8, 4) is 22.6 Å². The smallest absolute Gasteiger partial charge is 0.410 e. The molecule has 4 aromatic rings. The van der Waals surface area contributed by atoms with E-state index in [0.717, 1.165) is 86.5 Å². The predicted octanol–water partition coefficient (Wildman–Crippen LogP) is 17.9. The third kappa shape index (κ3) is 16.4. The van der Waals surface area contributed by atoms with Crippen molar-refractivity contribution < 1.29 is 19.1 Å². The van der Waals surface area contributed by atoms with Gasteiger partial charge in [0.25, 0.3) is 0 Å². The SMILES string of the molecule is CCCCCCCCc1cccc(OC(=O)N2CN(C(=O)Oc3cccc(CCCCCCCC)c3CCCCCCCC)c3ccccc3-c3ccccc32)c1CCCCCCCC. The van der Waals surface area contributed by atoms with Gasteiger partial charge in [-0.2, -0.15) is 0 Å². The van der Waals surface area contributed by atoms with Crippen LogP contribution in [0.1, 0.15) is 204 Å². The van der Waals surface area contributed by atoms with Gasteiger partial charge in [0.05, 0.1) is 11.4 Å². The summed E-state index contributed by atoms with van der Waals surface area (Å²) in [5, 5.41) is 0.